The van der Waals surface area contributed by atoms with Crippen LogP contribution in [0.15, 0.2) is 36.4 Å². The number of nitro benzene ring substituents is 1. The van der Waals surface area contributed by atoms with Crippen molar-refractivity contribution in [2.75, 3.05) is 5.32 Å². The zero-order valence-electron chi connectivity index (χ0n) is 11.6. The van der Waals surface area contributed by atoms with E-state index in [0.29, 0.717) is 12.1 Å². The fraction of sp³-hybridized carbons (Fsp3) is 0.0714. The van der Waals surface area contributed by atoms with Crippen molar-refractivity contribution in [2.45, 2.75) is 6.18 Å². The van der Waals surface area contributed by atoms with Crippen LogP contribution >= 0.6 is 11.6 Å². The number of hydrogen-bond acceptors (Lipinski definition) is 4. The molecule has 0 saturated carbocycles. The number of carbonyl (C=O) groups is 1. The van der Waals surface area contributed by atoms with Crippen molar-refractivity contribution in [3.63, 3.8) is 0 Å². The summed E-state index contributed by atoms with van der Waals surface area (Å²) in [7, 11) is 0. The molecule has 2 N–H and O–H groups in total. The number of anilines is 2. The van der Waals surface area contributed by atoms with Gasteiger partial charge in [-0.1, -0.05) is 11.6 Å². The van der Waals surface area contributed by atoms with E-state index in [1.807, 2.05) is 0 Å². The Kier molecular flexibility index (Phi) is 4.65. The maximum Gasteiger partial charge on any atom is 0.416 e. The first-order valence-corrected chi connectivity index (χ1v) is 6.63. The fourth-order valence-corrected chi connectivity index (χ4v) is 2.09. The number of carboxylic acid groups (broad SMARTS) is 1. The maximum atomic E-state index is 12.7. The average Bonchev–Trinajstić information content (AvgIpc) is 2.48. The van der Waals surface area contributed by atoms with E-state index in [0.717, 1.165) is 12.1 Å². The maximum absolute atomic E-state index is 12.7. The molecule has 0 atom stereocenters. The van der Waals surface area contributed by atoms with Crippen molar-refractivity contribution < 1.29 is 28.0 Å². The van der Waals surface area contributed by atoms with Gasteiger partial charge in [0.15, 0.2) is 0 Å². The van der Waals surface area contributed by atoms with E-state index in [2.05, 4.69) is 5.32 Å². The first-order chi connectivity index (χ1) is 11.1. The largest absolute Gasteiger partial charge is 0.478 e. The lowest BCUT2D eigenvalue weighted by Gasteiger charge is -2.11. The van der Waals surface area contributed by atoms with Crippen LogP contribution in [0.3, 0.4) is 0 Å². The number of alkyl halides is 3. The summed E-state index contributed by atoms with van der Waals surface area (Å²) in [4.78, 5) is 21.0. The third-order valence-corrected chi connectivity index (χ3v) is 3.33. The monoisotopic (exact) mass is 360 g/mol. The number of halogens is 4. The second-order valence-electron chi connectivity index (χ2n) is 4.61. The summed E-state index contributed by atoms with van der Waals surface area (Å²) in [6, 6.07) is 5.70. The Morgan fingerprint density at radius 2 is 1.88 bits per heavy atom. The minimum absolute atomic E-state index is 0.0463. The second-order valence-corrected chi connectivity index (χ2v) is 5.02. The molecule has 2 rings (SSSR count). The van der Waals surface area contributed by atoms with Crippen molar-refractivity contribution in [1.82, 2.24) is 0 Å². The molecule has 10 heteroatoms. The van der Waals surface area contributed by atoms with Crippen LogP contribution in [0.5, 0.6) is 0 Å². The molecule has 0 bridgehead atoms. The van der Waals surface area contributed by atoms with Crippen LogP contribution < -0.4 is 5.32 Å². The van der Waals surface area contributed by atoms with Gasteiger partial charge in [-0.25, -0.2) is 4.79 Å². The van der Waals surface area contributed by atoms with Gasteiger partial charge in [-0.2, -0.15) is 13.2 Å². The Balaban J connectivity index is 2.45. The number of hydrogen-bond donors (Lipinski definition) is 2. The van der Waals surface area contributed by atoms with E-state index in [4.69, 9.17) is 16.7 Å². The third kappa shape index (κ3) is 3.74. The van der Waals surface area contributed by atoms with E-state index in [9.17, 15) is 28.1 Å². The van der Waals surface area contributed by atoms with Gasteiger partial charge in [0.2, 0.25) is 0 Å². The molecule has 6 nitrogen and oxygen atoms in total. The number of nitro groups is 1. The summed E-state index contributed by atoms with van der Waals surface area (Å²) in [5.74, 6) is -1.31. The highest BCUT2D eigenvalue weighted by Crippen LogP contribution is 2.36. The molecule has 0 aliphatic carbocycles. The van der Waals surface area contributed by atoms with Crippen molar-refractivity contribution in [3.8, 4) is 0 Å². The molecule has 0 spiro atoms. The van der Waals surface area contributed by atoms with E-state index in [1.54, 1.807) is 0 Å². The summed E-state index contributed by atoms with van der Waals surface area (Å²) >= 11 is 5.71. The predicted octanol–water partition coefficient (Wildman–Crippen LogP) is 4.71. The molecule has 0 aliphatic heterocycles. The average molecular weight is 361 g/mol. The molecular formula is C14H8ClF3N2O4. The number of nitrogens with zero attached hydrogens (tertiary/aromatic N) is 1. The van der Waals surface area contributed by atoms with Gasteiger partial charge in [-0.3, -0.25) is 10.1 Å². The Bertz CT molecular complexity index is 824. The third-order valence-electron chi connectivity index (χ3n) is 3.00. The molecule has 0 fully saturated rings. The van der Waals surface area contributed by atoms with Crippen molar-refractivity contribution >= 4 is 34.6 Å². The lowest BCUT2D eigenvalue weighted by atomic mass is 10.1. The quantitative estimate of drug-likeness (QED) is 0.608. The first kappa shape index (κ1) is 17.5. The standard InChI is InChI=1S/C14H8ClF3N2O4/c15-10-3-2-8(6-9(10)13(21)22)19-11-4-1-7(14(16,17)18)5-12(11)20(23)24/h1-6,19H,(H,21,22). The van der Waals surface area contributed by atoms with E-state index in [-0.39, 0.29) is 22.0 Å². The van der Waals surface area contributed by atoms with Gasteiger partial charge in [-0.15, -0.1) is 0 Å². The van der Waals surface area contributed by atoms with E-state index in [1.165, 1.54) is 12.1 Å². The molecule has 2 aromatic rings. The number of aromatic carboxylic acids is 1. The van der Waals surface area contributed by atoms with Crippen molar-refractivity contribution in [2.24, 2.45) is 0 Å². The highest BCUT2D eigenvalue weighted by atomic mass is 35.5. The zero-order chi connectivity index (χ0) is 18.1. The van der Waals surface area contributed by atoms with Crippen LogP contribution in [0.4, 0.5) is 30.2 Å². The van der Waals surface area contributed by atoms with E-state index < -0.39 is 28.3 Å². The Morgan fingerprint density at radius 1 is 1.21 bits per heavy atom. The van der Waals surface area contributed by atoms with Crippen LogP contribution in [-0.4, -0.2) is 16.0 Å². The number of rotatable bonds is 4. The Morgan fingerprint density at radius 3 is 2.42 bits per heavy atom. The molecule has 126 valence electrons. The topological polar surface area (TPSA) is 92.5 Å². The molecule has 2 aromatic carbocycles. The molecule has 0 radical (unpaired) electrons. The lowest BCUT2D eigenvalue weighted by Crippen LogP contribution is -2.07. The number of carboxylic acids is 1. The van der Waals surface area contributed by atoms with Gasteiger partial charge in [0.1, 0.15) is 5.69 Å². The lowest BCUT2D eigenvalue weighted by molar-refractivity contribution is -0.384. The van der Waals surface area contributed by atoms with Gasteiger partial charge in [0.25, 0.3) is 5.69 Å². The summed E-state index contributed by atoms with van der Waals surface area (Å²) in [5, 5.41) is 22.5. The van der Waals surface area contributed by atoms with Crippen molar-refractivity contribution in [3.05, 3.63) is 62.7 Å². The highest BCUT2D eigenvalue weighted by Gasteiger charge is 2.33. The smallest absolute Gasteiger partial charge is 0.416 e. The highest BCUT2D eigenvalue weighted by molar-refractivity contribution is 6.33. The normalized spacial score (nSPS) is 11.2. The van der Waals surface area contributed by atoms with Gasteiger partial charge >= 0.3 is 12.1 Å². The number of nitrogens with one attached hydrogen (secondary N) is 1. The van der Waals surface area contributed by atoms with Gasteiger partial charge in [-0.05, 0) is 30.3 Å². The predicted molar refractivity (Wildman–Crippen MR) is 79.8 cm³/mol. The van der Waals surface area contributed by atoms with Gasteiger partial charge in [0.05, 0.1) is 21.1 Å². The molecule has 0 aromatic heterocycles. The van der Waals surface area contributed by atoms with Gasteiger partial charge < -0.3 is 10.4 Å². The molecule has 0 heterocycles. The summed E-state index contributed by atoms with van der Waals surface area (Å²) in [6.45, 7) is 0. The summed E-state index contributed by atoms with van der Waals surface area (Å²) < 4.78 is 38.0. The minimum Gasteiger partial charge on any atom is -0.478 e. The number of benzene rings is 2. The molecule has 0 saturated heterocycles. The van der Waals surface area contributed by atoms with Crippen LogP contribution in [0.2, 0.25) is 5.02 Å². The second kappa shape index (κ2) is 6.36. The first-order valence-electron chi connectivity index (χ1n) is 6.25. The Hall–Kier alpha value is -2.81. The summed E-state index contributed by atoms with van der Waals surface area (Å²) in [5.41, 5.74) is -2.30. The van der Waals surface area contributed by atoms with Crippen LogP contribution in [0, 0.1) is 10.1 Å². The van der Waals surface area contributed by atoms with Crippen LogP contribution in [-0.2, 0) is 6.18 Å². The molecule has 0 unspecified atom stereocenters. The zero-order valence-corrected chi connectivity index (χ0v) is 12.4. The van der Waals surface area contributed by atoms with Crippen molar-refractivity contribution in [1.29, 1.82) is 0 Å². The molecule has 0 amide bonds. The molecule has 24 heavy (non-hydrogen) atoms. The molecule has 0 aliphatic rings. The van der Waals surface area contributed by atoms with Gasteiger partial charge in [0, 0.05) is 11.8 Å². The summed E-state index contributed by atoms with van der Waals surface area (Å²) in [6.07, 6.45) is -4.72. The SMILES string of the molecule is O=C(O)c1cc(Nc2ccc(C(F)(F)F)cc2[N+](=O)[O-])ccc1Cl. The minimum atomic E-state index is -4.72. The fourth-order valence-electron chi connectivity index (χ4n) is 1.89. The van der Waals surface area contributed by atoms with E-state index >= 15 is 0 Å². The molecular weight excluding hydrogens is 353 g/mol. The Labute approximate surface area is 137 Å². The van der Waals surface area contributed by atoms with Crippen LogP contribution in [0.25, 0.3) is 0 Å². The van der Waals surface area contributed by atoms with Crippen LogP contribution in [0.1, 0.15) is 15.9 Å².